The first-order valence-electron chi connectivity index (χ1n) is 3.72. The Kier molecular flexibility index (Phi) is 3.00. The smallest absolute Gasteiger partial charge is 0.217 e. The van der Waals surface area contributed by atoms with Gasteiger partial charge in [-0.05, 0) is 19.0 Å². The van der Waals surface area contributed by atoms with Gasteiger partial charge in [0.1, 0.15) is 0 Å². The molecule has 1 N–H and O–H groups in total. The maximum atomic E-state index is 12.9. The lowest BCUT2D eigenvalue weighted by atomic mass is 10.00. The zero-order chi connectivity index (χ0) is 7.68. The van der Waals surface area contributed by atoms with Crippen LogP contribution >= 0.6 is 12.4 Å². The Morgan fingerprint density at radius 1 is 1.58 bits per heavy atom. The van der Waals surface area contributed by atoms with Crippen molar-refractivity contribution in [3.05, 3.63) is 29.8 Å². The zero-order valence-electron chi connectivity index (χ0n) is 6.46. The first kappa shape index (κ1) is 9.42. The van der Waals surface area contributed by atoms with E-state index in [2.05, 4.69) is 10.3 Å². The highest BCUT2D eigenvalue weighted by Gasteiger charge is 2.21. The first-order chi connectivity index (χ1) is 5.38. The summed E-state index contributed by atoms with van der Waals surface area (Å²) < 4.78 is 12.9. The summed E-state index contributed by atoms with van der Waals surface area (Å²) in [6, 6.07) is 3.74. The van der Waals surface area contributed by atoms with E-state index >= 15 is 0 Å². The summed E-state index contributed by atoms with van der Waals surface area (Å²) in [6.07, 6.45) is 2.49. The fourth-order valence-electron chi connectivity index (χ4n) is 1.21. The second-order valence-corrected chi connectivity index (χ2v) is 2.68. The number of nitrogens with one attached hydrogen (secondary N) is 1. The number of halogens is 2. The summed E-state index contributed by atoms with van der Waals surface area (Å²) in [5.74, 6) is -0.343. The van der Waals surface area contributed by atoms with Crippen molar-refractivity contribution in [1.82, 2.24) is 10.3 Å². The van der Waals surface area contributed by atoms with Crippen molar-refractivity contribution in [1.29, 1.82) is 0 Å². The number of hydrogen-bond acceptors (Lipinski definition) is 2. The number of rotatable bonds is 1. The minimum Gasteiger partial charge on any atom is -0.310 e. The molecule has 0 amide bonds. The van der Waals surface area contributed by atoms with Gasteiger partial charge in [-0.1, -0.05) is 6.07 Å². The van der Waals surface area contributed by atoms with Crippen LogP contribution < -0.4 is 5.32 Å². The van der Waals surface area contributed by atoms with Gasteiger partial charge in [0.05, 0.1) is 0 Å². The molecule has 1 saturated heterocycles. The maximum Gasteiger partial charge on any atom is 0.217 e. The van der Waals surface area contributed by atoms with Gasteiger partial charge in [0, 0.05) is 17.8 Å². The van der Waals surface area contributed by atoms with Crippen LogP contribution in [0, 0.1) is 5.95 Å². The molecule has 0 aromatic carbocycles. The van der Waals surface area contributed by atoms with Crippen LogP contribution in [0.1, 0.15) is 18.0 Å². The van der Waals surface area contributed by atoms with Gasteiger partial charge < -0.3 is 5.32 Å². The van der Waals surface area contributed by atoms with Crippen LogP contribution in [0.15, 0.2) is 18.3 Å². The second kappa shape index (κ2) is 3.83. The van der Waals surface area contributed by atoms with Crippen molar-refractivity contribution in [2.45, 2.75) is 12.5 Å². The van der Waals surface area contributed by atoms with Gasteiger partial charge in [0.25, 0.3) is 0 Å². The monoisotopic (exact) mass is 188 g/mol. The Morgan fingerprint density at radius 2 is 2.33 bits per heavy atom. The van der Waals surface area contributed by atoms with E-state index in [1.807, 2.05) is 0 Å². The summed E-state index contributed by atoms with van der Waals surface area (Å²) in [5, 5.41) is 3.12. The quantitative estimate of drug-likeness (QED) is 0.679. The van der Waals surface area contributed by atoms with Crippen LogP contribution in [0.3, 0.4) is 0 Å². The van der Waals surface area contributed by atoms with Crippen molar-refractivity contribution in [3.8, 4) is 0 Å². The predicted molar refractivity (Wildman–Crippen MR) is 46.8 cm³/mol. The Morgan fingerprint density at radius 3 is 2.83 bits per heavy atom. The van der Waals surface area contributed by atoms with E-state index in [1.54, 1.807) is 12.1 Å². The molecule has 0 saturated carbocycles. The van der Waals surface area contributed by atoms with Crippen molar-refractivity contribution in [2.75, 3.05) is 6.54 Å². The summed E-state index contributed by atoms with van der Waals surface area (Å²) in [7, 11) is 0. The van der Waals surface area contributed by atoms with Gasteiger partial charge in [0.15, 0.2) is 0 Å². The molecule has 0 spiro atoms. The normalized spacial score (nSPS) is 20.9. The molecule has 1 atom stereocenters. The Labute approximate surface area is 76.6 Å². The van der Waals surface area contributed by atoms with E-state index in [0.717, 1.165) is 13.0 Å². The summed E-state index contributed by atoms with van der Waals surface area (Å²) in [4.78, 5) is 3.58. The van der Waals surface area contributed by atoms with E-state index < -0.39 is 0 Å². The van der Waals surface area contributed by atoms with Crippen LogP contribution in [0.25, 0.3) is 0 Å². The molecule has 2 nitrogen and oxygen atoms in total. The summed E-state index contributed by atoms with van der Waals surface area (Å²) >= 11 is 0. The number of pyridine rings is 1. The molecule has 1 aliphatic heterocycles. The molecule has 1 fully saturated rings. The van der Waals surface area contributed by atoms with Gasteiger partial charge in [-0.2, -0.15) is 4.39 Å². The predicted octanol–water partition coefficient (Wildman–Crippen LogP) is 1.68. The maximum absolute atomic E-state index is 12.9. The second-order valence-electron chi connectivity index (χ2n) is 2.68. The molecule has 1 aromatic rings. The molecule has 0 bridgehead atoms. The van der Waals surface area contributed by atoms with Gasteiger partial charge in [0.2, 0.25) is 5.95 Å². The van der Waals surface area contributed by atoms with Crippen LogP contribution in [-0.4, -0.2) is 11.5 Å². The third-order valence-corrected chi connectivity index (χ3v) is 1.99. The molecule has 0 aliphatic carbocycles. The van der Waals surface area contributed by atoms with E-state index in [9.17, 15) is 4.39 Å². The van der Waals surface area contributed by atoms with Crippen molar-refractivity contribution in [3.63, 3.8) is 0 Å². The Hall–Kier alpha value is -0.670. The fraction of sp³-hybridized carbons (Fsp3) is 0.375. The van der Waals surface area contributed by atoms with Crippen molar-refractivity contribution in [2.24, 2.45) is 0 Å². The van der Waals surface area contributed by atoms with Gasteiger partial charge >= 0.3 is 0 Å². The molecular weight excluding hydrogens is 179 g/mol. The highest BCUT2D eigenvalue weighted by atomic mass is 35.5. The minimum atomic E-state index is -0.343. The van der Waals surface area contributed by atoms with E-state index in [-0.39, 0.29) is 24.4 Å². The Bertz CT molecular complexity index is 263. The largest absolute Gasteiger partial charge is 0.310 e. The highest BCUT2D eigenvalue weighted by molar-refractivity contribution is 5.85. The topological polar surface area (TPSA) is 24.9 Å². The average Bonchev–Trinajstić information content (AvgIpc) is 1.90. The summed E-state index contributed by atoms with van der Waals surface area (Å²) in [5.41, 5.74) is 0.693. The average molecular weight is 189 g/mol. The molecular formula is C8H10ClFN2. The molecule has 0 unspecified atom stereocenters. The molecule has 12 heavy (non-hydrogen) atoms. The summed E-state index contributed by atoms with van der Waals surface area (Å²) in [6.45, 7) is 0.985. The lowest BCUT2D eigenvalue weighted by Crippen LogP contribution is -2.35. The third kappa shape index (κ3) is 1.57. The van der Waals surface area contributed by atoms with Gasteiger partial charge in [-0.15, -0.1) is 12.4 Å². The van der Waals surface area contributed by atoms with Crippen LogP contribution in [0.2, 0.25) is 0 Å². The van der Waals surface area contributed by atoms with Crippen molar-refractivity contribution < 1.29 is 4.39 Å². The fourth-order valence-corrected chi connectivity index (χ4v) is 1.21. The minimum absolute atomic E-state index is 0. The van der Waals surface area contributed by atoms with Crippen LogP contribution in [-0.2, 0) is 0 Å². The number of hydrogen-bond donors (Lipinski definition) is 1. The molecule has 0 radical (unpaired) electrons. The highest BCUT2D eigenvalue weighted by Crippen LogP contribution is 2.23. The van der Waals surface area contributed by atoms with E-state index in [4.69, 9.17) is 0 Å². The van der Waals surface area contributed by atoms with E-state index in [0.29, 0.717) is 5.56 Å². The molecule has 1 aromatic heterocycles. The van der Waals surface area contributed by atoms with E-state index in [1.165, 1.54) is 6.20 Å². The van der Waals surface area contributed by atoms with Crippen molar-refractivity contribution >= 4 is 12.4 Å². The van der Waals surface area contributed by atoms with Gasteiger partial charge in [-0.3, -0.25) is 0 Å². The SMILES string of the molecule is Cl.Fc1ncccc1[C@H]1CCN1. The first-order valence-corrected chi connectivity index (χ1v) is 3.72. The van der Waals surface area contributed by atoms with Crippen LogP contribution in [0.5, 0.6) is 0 Å². The number of nitrogens with zero attached hydrogens (tertiary/aromatic N) is 1. The Balaban J connectivity index is 0.000000720. The zero-order valence-corrected chi connectivity index (χ0v) is 7.27. The van der Waals surface area contributed by atoms with Crippen LogP contribution in [0.4, 0.5) is 4.39 Å². The third-order valence-electron chi connectivity index (χ3n) is 1.99. The molecule has 1 aliphatic rings. The molecule has 4 heteroatoms. The standard InChI is InChI=1S/C8H9FN2.ClH/c9-8-6(2-1-4-11-8)7-3-5-10-7;/h1-2,4,7,10H,3,5H2;1H/t7-;/m1./s1. The van der Waals surface area contributed by atoms with Gasteiger partial charge in [-0.25, -0.2) is 4.98 Å². The lowest BCUT2D eigenvalue weighted by molar-refractivity contribution is 0.366. The molecule has 2 rings (SSSR count). The lowest BCUT2D eigenvalue weighted by Gasteiger charge is -2.27. The molecule has 66 valence electrons. The number of aromatic nitrogens is 1. The molecule has 2 heterocycles.